The van der Waals surface area contributed by atoms with Crippen LogP contribution in [-0.2, 0) is 9.59 Å². The number of hydrogen-bond acceptors (Lipinski definition) is 7. The van der Waals surface area contributed by atoms with E-state index in [2.05, 4.69) is 30.6 Å². The average molecular weight is 518 g/mol. The van der Waals surface area contributed by atoms with Crippen molar-refractivity contribution in [1.82, 2.24) is 5.32 Å². The van der Waals surface area contributed by atoms with Crippen molar-refractivity contribution in [2.75, 3.05) is 25.3 Å². The second-order valence-electron chi connectivity index (χ2n) is 10.1. The number of nitrogens with zero attached hydrogens (tertiary/aromatic N) is 1. The monoisotopic (exact) mass is 517 g/mol. The van der Waals surface area contributed by atoms with Gasteiger partial charge in [0.05, 0.1) is 42.6 Å². The Morgan fingerprint density at radius 3 is 2.49 bits per heavy atom. The molecule has 0 unspecified atom stereocenters. The van der Waals surface area contributed by atoms with Gasteiger partial charge in [-0.1, -0.05) is 49.4 Å². The topological polar surface area (TPSA) is 100 Å². The molecule has 1 aliphatic carbocycles. The fourth-order valence-electron chi connectivity index (χ4n) is 4.83. The van der Waals surface area contributed by atoms with E-state index in [0.717, 1.165) is 22.5 Å². The Bertz CT molecular complexity index is 1340. The van der Waals surface area contributed by atoms with Gasteiger partial charge in [0.25, 0.3) is 0 Å². The van der Waals surface area contributed by atoms with E-state index < -0.39 is 5.92 Å². The van der Waals surface area contributed by atoms with E-state index in [-0.39, 0.29) is 22.9 Å². The summed E-state index contributed by atoms with van der Waals surface area (Å²) in [4.78, 5) is 26.1. The third kappa shape index (κ3) is 5.67. The molecule has 37 heavy (non-hydrogen) atoms. The van der Waals surface area contributed by atoms with Gasteiger partial charge >= 0.3 is 0 Å². The molecule has 1 aliphatic heterocycles. The minimum absolute atomic E-state index is 0.0208. The van der Waals surface area contributed by atoms with E-state index in [1.165, 1.54) is 11.8 Å². The molecule has 1 atom stereocenters. The van der Waals surface area contributed by atoms with Gasteiger partial charge in [0, 0.05) is 23.4 Å². The Kier molecular flexibility index (Phi) is 7.65. The van der Waals surface area contributed by atoms with Crippen LogP contribution in [0.1, 0.15) is 43.7 Å². The Morgan fingerprint density at radius 2 is 1.84 bits per heavy atom. The maximum Gasteiger partial charge on any atom is 0.234 e. The van der Waals surface area contributed by atoms with Gasteiger partial charge in [-0.15, -0.1) is 0 Å². The van der Waals surface area contributed by atoms with Crippen molar-refractivity contribution >= 4 is 29.1 Å². The lowest BCUT2D eigenvalue weighted by molar-refractivity contribution is -0.118. The normalized spacial score (nSPS) is 18.5. The highest BCUT2D eigenvalue weighted by Crippen LogP contribution is 2.48. The Labute approximate surface area is 221 Å². The van der Waals surface area contributed by atoms with Gasteiger partial charge in [0.2, 0.25) is 5.91 Å². The predicted molar refractivity (Wildman–Crippen MR) is 145 cm³/mol. The molecular formula is C29H31N3O4S. The number of thioether (sulfide) groups is 1. The van der Waals surface area contributed by atoms with Crippen molar-refractivity contribution in [2.24, 2.45) is 5.41 Å². The molecule has 1 amide bonds. The van der Waals surface area contributed by atoms with Crippen LogP contribution in [0.5, 0.6) is 11.5 Å². The zero-order valence-electron chi connectivity index (χ0n) is 21.7. The predicted octanol–water partition coefficient (Wildman–Crippen LogP) is 5.45. The van der Waals surface area contributed by atoms with E-state index in [9.17, 15) is 14.9 Å². The molecule has 0 fully saturated rings. The summed E-state index contributed by atoms with van der Waals surface area (Å²) in [6.07, 6.45) is 1.06. The lowest BCUT2D eigenvalue weighted by atomic mass is 9.69. The molecule has 2 N–H and O–H groups in total. The van der Waals surface area contributed by atoms with E-state index in [1.54, 1.807) is 20.3 Å². The maximum absolute atomic E-state index is 13.4. The van der Waals surface area contributed by atoms with Crippen molar-refractivity contribution in [3.05, 3.63) is 75.5 Å². The van der Waals surface area contributed by atoms with Crippen LogP contribution in [0.3, 0.4) is 0 Å². The smallest absolute Gasteiger partial charge is 0.234 e. The van der Waals surface area contributed by atoms with Gasteiger partial charge in [-0.25, -0.2) is 0 Å². The van der Waals surface area contributed by atoms with Crippen molar-refractivity contribution in [1.29, 1.82) is 5.26 Å². The summed E-state index contributed by atoms with van der Waals surface area (Å²) >= 11 is 1.27. The summed E-state index contributed by atoms with van der Waals surface area (Å²) in [7, 11) is 3.12. The molecule has 1 heterocycles. The number of rotatable bonds is 7. The first-order valence-electron chi connectivity index (χ1n) is 12.0. The van der Waals surface area contributed by atoms with Gasteiger partial charge < -0.3 is 20.1 Å². The zero-order valence-corrected chi connectivity index (χ0v) is 22.5. The number of Topliss-reactive ketones (excluding diaryl/α,β-unsaturated/α-hetero) is 1. The van der Waals surface area contributed by atoms with Crippen LogP contribution in [0.25, 0.3) is 0 Å². The average Bonchev–Trinajstić information content (AvgIpc) is 2.86. The van der Waals surface area contributed by atoms with Gasteiger partial charge in [-0.2, -0.15) is 5.26 Å². The van der Waals surface area contributed by atoms with Crippen molar-refractivity contribution in [2.45, 2.75) is 39.5 Å². The number of nitrogens with one attached hydrogen (secondary N) is 2. The van der Waals surface area contributed by atoms with Crippen LogP contribution >= 0.6 is 11.8 Å². The SMILES string of the molecule is COc1ccc([C@@H]2C(C#N)=C(SCC(=O)Nc3ccc(C)cc3)NC3=C2C(=O)CC(C)(C)C3)cc1OC. The number of amides is 1. The molecule has 4 rings (SSSR count). The highest BCUT2D eigenvalue weighted by atomic mass is 32.2. The number of methoxy groups -OCH3 is 2. The quantitative estimate of drug-likeness (QED) is 0.504. The molecular weight excluding hydrogens is 486 g/mol. The molecule has 2 aliphatic rings. The van der Waals surface area contributed by atoms with Crippen LogP contribution in [-0.4, -0.2) is 31.7 Å². The molecule has 0 spiro atoms. The fourth-order valence-corrected chi connectivity index (χ4v) is 5.69. The minimum Gasteiger partial charge on any atom is -0.493 e. The lowest BCUT2D eigenvalue weighted by Crippen LogP contribution is -2.37. The highest BCUT2D eigenvalue weighted by Gasteiger charge is 2.42. The molecule has 0 saturated carbocycles. The number of allylic oxidation sites excluding steroid dienone is 3. The van der Waals surface area contributed by atoms with Gasteiger partial charge in [0.15, 0.2) is 17.3 Å². The third-order valence-corrected chi connectivity index (χ3v) is 7.57. The van der Waals surface area contributed by atoms with Crippen LogP contribution in [0.2, 0.25) is 0 Å². The van der Waals surface area contributed by atoms with Crippen LogP contribution in [0.15, 0.2) is 64.3 Å². The Balaban J connectivity index is 1.69. The molecule has 8 heteroatoms. The van der Waals surface area contributed by atoms with E-state index in [4.69, 9.17) is 9.47 Å². The number of aryl methyl sites for hydroxylation is 1. The third-order valence-electron chi connectivity index (χ3n) is 6.55. The molecule has 192 valence electrons. The number of ketones is 1. The van der Waals surface area contributed by atoms with Crippen LogP contribution < -0.4 is 20.1 Å². The summed E-state index contributed by atoms with van der Waals surface area (Å²) < 4.78 is 10.9. The first-order valence-corrected chi connectivity index (χ1v) is 13.0. The van der Waals surface area contributed by atoms with Crippen LogP contribution in [0, 0.1) is 23.7 Å². The number of anilines is 1. The summed E-state index contributed by atoms with van der Waals surface area (Å²) in [6.45, 7) is 6.11. The number of ether oxygens (including phenoxy) is 2. The minimum atomic E-state index is -0.563. The number of dihydropyridines is 1. The van der Waals surface area contributed by atoms with Crippen molar-refractivity contribution < 1.29 is 19.1 Å². The second-order valence-corrected chi connectivity index (χ2v) is 11.0. The van der Waals surface area contributed by atoms with Gasteiger partial charge in [0.1, 0.15) is 0 Å². The largest absolute Gasteiger partial charge is 0.493 e. The Hall–Kier alpha value is -3.70. The Morgan fingerprint density at radius 1 is 1.14 bits per heavy atom. The number of nitriles is 1. The van der Waals surface area contributed by atoms with Crippen LogP contribution in [0.4, 0.5) is 5.69 Å². The number of hydrogen-bond donors (Lipinski definition) is 2. The molecule has 0 saturated heterocycles. The summed E-state index contributed by atoms with van der Waals surface area (Å²) in [5, 5.41) is 17.1. The fraction of sp³-hybridized carbons (Fsp3) is 0.345. The molecule has 0 aromatic heterocycles. The lowest BCUT2D eigenvalue weighted by Gasteiger charge is -2.39. The molecule has 2 aromatic rings. The second kappa shape index (κ2) is 10.7. The van der Waals surface area contributed by atoms with Gasteiger partial charge in [-0.3, -0.25) is 9.59 Å². The van der Waals surface area contributed by atoms with E-state index >= 15 is 0 Å². The molecule has 2 aromatic carbocycles. The summed E-state index contributed by atoms with van der Waals surface area (Å²) in [5.41, 5.74) is 4.20. The standard InChI is InChI=1S/C29H31N3O4S/c1-17-6-9-19(10-7-17)31-25(34)16-37-28-20(15-30)26(18-8-11-23(35-4)24(12-18)36-5)27-21(32-28)13-29(2,3)14-22(27)33/h6-12,26,32H,13-14,16H2,1-5H3,(H,31,34)/t26-/m1/s1. The molecule has 7 nitrogen and oxygen atoms in total. The molecule has 0 radical (unpaired) electrons. The van der Waals surface area contributed by atoms with E-state index in [0.29, 0.717) is 40.5 Å². The van der Waals surface area contributed by atoms with E-state index in [1.807, 2.05) is 43.3 Å². The number of carbonyl (C=O) groups is 2. The van der Waals surface area contributed by atoms with Crippen molar-refractivity contribution in [3.8, 4) is 17.6 Å². The highest BCUT2D eigenvalue weighted by molar-refractivity contribution is 8.03. The number of carbonyl (C=O) groups excluding carboxylic acids is 2. The van der Waals surface area contributed by atoms with Crippen molar-refractivity contribution in [3.63, 3.8) is 0 Å². The molecule has 0 bridgehead atoms. The zero-order chi connectivity index (χ0) is 26.7. The summed E-state index contributed by atoms with van der Waals surface area (Å²) in [6, 6.07) is 15.4. The first-order chi connectivity index (χ1) is 17.7. The first kappa shape index (κ1) is 26.4. The number of benzene rings is 2. The maximum atomic E-state index is 13.4. The summed E-state index contributed by atoms with van der Waals surface area (Å²) in [5.74, 6) is 0.478. The van der Waals surface area contributed by atoms with Gasteiger partial charge in [-0.05, 0) is 48.6 Å².